The third kappa shape index (κ3) is 3.63. The van der Waals surface area contributed by atoms with Gasteiger partial charge in [0.2, 0.25) is 0 Å². The first kappa shape index (κ1) is 15.1. The maximum Gasteiger partial charge on any atom is 0.303 e. The van der Waals surface area contributed by atoms with Crippen LogP contribution < -0.4 is 0 Å². The van der Waals surface area contributed by atoms with E-state index < -0.39 is 5.97 Å². The molecule has 0 aliphatic heterocycles. The minimum atomic E-state index is -0.794. The molecule has 108 valence electrons. The zero-order valence-electron chi connectivity index (χ0n) is 11.7. The quantitative estimate of drug-likeness (QED) is 0.635. The van der Waals surface area contributed by atoms with Crippen LogP contribution in [0.25, 0.3) is 0 Å². The van der Waals surface area contributed by atoms with E-state index in [0.29, 0.717) is 12.0 Å². The number of Topliss-reactive ketones (excluding diaryl/α,β-unsaturated/α-hetero) is 1. The van der Waals surface area contributed by atoms with Gasteiger partial charge in [-0.15, -0.1) is 11.8 Å². The highest BCUT2D eigenvalue weighted by Gasteiger charge is 2.38. The molecule has 0 spiro atoms. The SMILES string of the molecule is CSc1ccc(C(=O)CC2(CC(=O)O)CCCC2)cc1. The van der Waals surface area contributed by atoms with E-state index in [0.717, 1.165) is 30.6 Å². The molecule has 1 fully saturated rings. The van der Waals surface area contributed by atoms with E-state index in [1.54, 1.807) is 11.8 Å². The summed E-state index contributed by atoms with van der Waals surface area (Å²) in [6.07, 6.45) is 6.25. The third-order valence-electron chi connectivity index (χ3n) is 4.14. The molecule has 0 bridgehead atoms. The number of thioether (sulfide) groups is 1. The van der Waals surface area contributed by atoms with E-state index in [-0.39, 0.29) is 17.6 Å². The Bertz CT molecular complexity index is 487. The number of hydrogen-bond donors (Lipinski definition) is 1. The van der Waals surface area contributed by atoms with Gasteiger partial charge >= 0.3 is 5.97 Å². The zero-order valence-corrected chi connectivity index (χ0v) is 12.5. The first-order chi connectivity index (χ1) is 9.54. The van der Waals surface area contributed by atoms with Crippen LogP contribution in [-0.2, 0) is 4.79 Å². The lowest BCUT2D eigenvalue weighted by atomic mass is 9.77. The summed E-state index contributed by atoms with van der Waals surface area (Å²) in [6.45, 7) is 0. The molecule has 1 aliphatic carbocycles. The van der Waals surface area contributed by atoms with Gasteiger partial charge < -0.3 is 5.11 Å². The monoisotopic (exact) mass is 292 g/mol. The number of ketones is 1. The number of rotatable bonds is 6. The maximum absolute atomic E-state index is 12.4. The molecular formula is C16H20O3S. The predicted octanol–water partition coefficient (Wildman–Crippen LogP) is 4.02. The lowest BCUT2D eigenvalue weighted by Crippen LogP contribution is -2.24. The van der Waals surface area contributed by atoms with Gasteiger partial charge in [0.15, 0.2) is 5.78 Å². The number of hydrogen-bond acceptors (Lipinski definition) is 3. The highest BCUT2D eigenvalue weighted by molar-refractivity contribution is 7.98. The summed E-state index contributed by atoms with van der Waals surface area (Å²) in [5.74, 6) is -0.724. The Morgan fingerprint density at radius 3 is 2.25 bits per heavy atom. The van der Waals surface area contributed by atoms with Crippen LogP contribution in [-0.4, -0.2) is 23.1 Å². The number of carbonyl (C=O) groups is 2. The van der Waals surface area contributed by atoms with Gasteiger partial charge in [-0.3, -0.25) is 9.59 Å². The lowest BCUT2D eigenvalue weighted by Gasteiger charge is -2.26. The van der Waals surface area contributed by atoms with Crippen LogP contribution in [0.1, 0.15) is 48.9 Å². The second-order valence-corrected chi connectivity index (χ2v) is 6.49. The van der Waals surface area contributed by atoms with E-state index in [2.05, 4.69) is 0 Å². The van der Waals surface area contributed by atoms with Crippen LogP contribution in [0.15, 0.2) is 29.2 Å². The Morgan fingerprint density at radius 2 is 1.75 bits per heavy atom. The smallest absolute Gasteiger partial charge is 0.303 e. The standard InChI is InChI=1S/C16H20O3S/c1-20-13-6-4-12(5-7-13)14(17)10-16(11-15(18)19)8-2-3-9-16/h4-7H,2-3,8-11H2,1H3,(H,18,19). The number of carboxylic acids is 1. The van der Waals surface area contributed by atoms with Crippen LogP contribution in [0.3, 0.4) is 0 Å². The summed E-state index contributed by atoms with van der Waals surface area (Å²) in [7, 11) is 0. The summed E-state index contributed by atoms with van der Waals surface area (Å²) in [6, 6.07) is 7.57. The lowest BCUT2D eigenvalue weighted by molar-refractivity contribution is -0.139. The molecule has 0 saturated heterocycles. The molecule has 2 rings (SSSR count). The van der Waals surface area contributed by atoms with E-state index in [1.807, 2.05) is 30.5 Å². The number of carboxylic acid groups (broad SMARTS) is 1. The van der Waals surface area contributed by atoms with E-state index in [1.165, 1.54) is 0 Å². The maximum atomic E-state index is 12.4. The van der Waals surface area contributed by atoms with Crippen molar-refractivity contribution in [1.29, 1.82) is 0 Å². The molecule has 0 unspecified atom stereocenters. The topological polar surface area (TPSA) is 54.4 Å². The molecule has 0 atom stereocenters. The van der Waals surface area contributed by atoms with Crippen LogP contribution in [0.2, 0.25) is 0 Å². The van der Waals surface area contributed by atoms with Crippen molar-refractivity contribution >= 4 is 23.5 Å². The molecule has 1 aromatic carbocycles. The Kier molecular flexibility index (Phi) is 4.86. The summed E-state index contributed by atoms with van der Waals surface area (Å²) in [5, 5.41) is 9.08. The van der Waals surface area contributed by atoms with Gasteiger partial charge in [-0.2, -0.15) is 0 Å². The fourth-order valence-corrected chi connectivity index (χ4v) is 3.49. The first-order valence-electron chi connectivity index (χ1n) is 6.94. The summed E-state index contributed by atoms with van der Waals surface area (Å²) in [4.78, 5) is 24.6. The van der Waals surface area contributed by atoms with Gasteiger partial charge in [0.1, 0.15) is 0 Å². The molecule has 0 amide bonds. The Hall–Kier alpha value is -1.29. The van der Waals surface area contributed by atoms with Crippen LogP contribution in [0.4, 0.5) is 0 Å². The largest absolute Gasteiger partial charge is 0.481 e. The second kappa shape index (κ2) is 6.44. The fourth-order valence-electron chi connectivity index (χ4n) is 3.08. The van der Waals surface area contributed by atoms with Gasteiger partial charge in [-0.1, -0.05) is 25.0 Å². The van der Waals surface area contributed by atoms with Crippen molar-refractivity contribution in [3.8, 4) is 0 Å². The Labute approximate surface area is 123 Å². The average molecular weight is 292 g/mol. The van der Waals surface area contributed by atoms with Crippen LogP contribution >= 0.6 is 11.8 Å². The first-order valence-corrected chi connectivity index (χ1v) is 8.16. The number of aliphatic carboxylic acids is 1. The summed E-state index contributed by atoms with van der Waals surface area (Å²) >= 11 is 1.64. The van der Waals surface area contributed by atoms with Gasteiger partial charge in [-0.25, -0.2) is 0 Å². The molecule has 20 heavy (non-hydrogen) atoms. The molecule has 1 N–H and O–H groups in total. The van der Waals surface area contributed by atoms with E-state index >= 15 is 0 Å². The molecule has 3 nitrogen and oxygen atoms in total. The number of carbonyl (C=O) groups excluding carboxylic acids is 1. The van der Waals surface area contributed by atoms with Crippen molar-refractivity contribution in [3.63, 3.8) is 0 Å². The van der Waals surface area contributed by atoms with Crippen molar-refractivity contribution in [2.24, 2.45) is 5.41 Å². The molecule has 0 radical (unpaired) electrons. The van der Waals surface area contributed by atoms with Crippen LogP contribution in [0.5, 0.6) is 0 Å². The van der Waals surface area contributed by atoms with Gasteiger partial charge in [0.25, 0.3) is 0 Å². The predicted molar refractivity (Wildman–Crippen MR) is 80.3 cm³/mol. The van der Waals surface area contributed by atoms with Gasteiger partial charge in [0.05, 0.1) is 6.42 Å². The highest BCUT2D eigenvalue weighted by Crippen LogP contribution is 2.44. The third-order valence-corrected chi connectivity index (χ3v) is 4.88. The summed E-state index contributed by atoms with van der Waals surface area (Å²) in [5.41, 5.74) is 0.376. The van der Waals surface area contributed by atoms with Crippen molar-refractivity contribution in [2.75, 3.05) is 6.26 Å². The highest BCUT2D eigenvalue weighted by atomic mass is 32.2. The molecule has 1 aromatic rings. The van der Waals surface area contributed by atoms with Crippen LogP contribution in [0, 0.1) is 5.41 Å². The van der Waals surface area contributed by atoms with Crippen molar-refractivity contribution in [3.05, 3.63) is 29.8 Å². The van der Waals surface area contributed by atoms with E-state index in [4.69, 9.17) is 5.11 Å². The van der Waals surface area contributed by atoms with Crippen molar-refractivity contribution in [2.45, 2.75) is 43.4 Å². The van der Waals surface area contributed by atoms with Gasteiger partial charge in [-0.05, 0) is 36.6 Å². The minimum Gasteiger partial charge on any atom is -0.481 e. The summed E-state index contributed by atoms with van der Waals surface area (Å²) < 4.78 is 0. The average Bonchev–Trinajstić information content (AvgIpc) is 2.86. The second-order valence-electron chi connectivity index (χ2n) is 5.61. The molecule has 4 heteroatoms. The molecular weight excluding hydrogens is 272 g/mol. The molecule has 1 aliphatic rings. The van der Waals surface area contributed by atoms with E-state index in [9.17, 15) is 9.59 Å². The Morgan fingerprint density at radius 1 is 1.15 bits per heavy atom. The van der Waals surface area contributed by atoms with Crippen molar-refractivity contribution in [1.82, 2.24) is 0 Å². The normalized spacial score (nSPS) is 17.1. The minimum absolute atomic E-state index is 0.0702. The Balaban J connectivity index is 2.09. The molecule has 1 saturated carbocycles. The van der Waals surface area contributed by atoms with Gasteiger partial charge in [0, 0.05) is 16.9 Å². The van der Waals surface area contributed by atoms with Crippen molar-refractivity contribution < 1.29 is 14.7 Å². The fraction of sp³-hybridized carbons (Fsp3) is 0.500. The number of benzene rings is 1. The zero-order chi connectivity index (χ0) is 14.6. The molecule has 0 heterocycles. The molecule has 0 aromatic heterocycles.